The van der Waals surface area contributed by atoms with E-state index in [0.29, 0.717) is 38.4 Å². The Morgan fingerprint density at radius 1 is 1.26 bits per heavy atom. The molecule has 6 N–H and O–H groups in total. The van der Waals surface area contributed by atoms with Gasteiger partial charge in [0.05, 0.1) is 12.1 Å². The standard InChI is InChI=1S/C16H34N6O5/c1-5-26-15(27-6-2)13(10-11(3)4)20-14(23)12(17)8-7-9-19-16(18)21-22(24)25/h11-13,15H,5-10,17H2,1-4H3,(H,20,23)(H3,18,19,21)/t12-,13-/m0/s1. The number of hydrogen-bond donors (Lipinski definition) is 4. The maximum atomic E-state index is 12.4. The lowest BCUT2D eigenvalue weighted by Gasteiger charge is -2.29. The van der Waals surface area contributed by atoms with E-state index >= 15 is 0 Å². The summed E-state index contributed by atoms with van der Waals surface area (Å²) in [4.78, 5) is 26.4. The van der Waals surface area contributed by atoms with Crippen molar-refractivity contribution in [2.24, 2.45) is 22.4 Å². The lowest BCUT2D eigenvalue weighted by molar-refractivity contribution is -0.525. The summed E-state index contributed by atoms with van der Waals surface area (Å²) < 4.78 is 11.2. The van der Waals surface area contributed by atoms with Gasteiger partial charge in [0, 0.05) is 19.8 Å². The number of hydrazine groups is 1. The molecule has 2 atom stereocenters. The van der Waals surface area contributed by atoms with Crippen molar-refractivity contribution in [2.45, 2.75) is 65.3 Å². The van der Waals surface area contributed by atoms with E-state index in [1.807, 2.05) is 13.8 Å². The number of nitrogens with two attached hydrogens (primary N) is 2. The Labute approximate surface area is 160 Å². The molecule has 0 aromatic heterocycles. The summed E-state index contributed by atoms with van der Waals surface area (Å²) >= 11 is 0. The fourth-order valence-electron chi connectivity index (χ4n) is 2.42. The van der Waals surface area contributed by atoms with E-state index in [1.165, 1.54) is 0 Å². The lowest BCUT2D eigenvalue weighted by Crippen LogP contribution is -2.51. The number of nitrogens with one attached hydrogen (secondary N) is 2. The maximum absolute atomic E-state index is 12.4. The van der Waals surface area contributed by atoms with Gasteiger partial charge in [-0.2, -0.15) is 0 Å². The molecular weight excluding hydrogens is 356 g/mol. The van der Waals surface area contributed by atoms with Crippen molar-refractivity contribution in [3.05, 3.63) is 10.1 Å². The highest BCUT2D eigenvalue weighted by atomic mass is 16.7. The highest BCUT2D eigenvalue weighted by Gasteiger charge is 2.27. The van der Waals surface area contributed by atoms with Crippen molar-refractivity contribution in [3.8, 4) is 0 Å². The Bertz CT molecular complexity index is 468. The van der Waals surface area contributed by atoms with Gasteiger partial charge < -0.3 is 26.3 Å². The van der Waals surface area contributed by atoms with Crippen molar-refractivity contribution in [2.75, 3.05) is 19.8 Å². The van der Waals surface area contributed by atoms with Crippen LogP contribution in [0.5, 0.6) is 0 Å². The summed E-state index contributed by atoms with van der Waals surface area (Å²) in [5.74, 6) is -0.252. The topological polar surface area (TPSA) is 167 Å². The smallest absolute Gasteiger partial charge is 0.251 e. The van der Waals surface area contributed by atoms with E-state index in [4.69, 9.17) is 20.9 Å². The fraction of sp³-hybridized carbons (Fsp3) is 0.875. The lowest BCUT2D eigenvalue weighted by atomic mass is 10.0. The zero-order valence-corrected chi connectivity index (χ0v) is 16.6. The van der Waals surface area contributed by atoms with Gasteiger partial charge in [0.2, 0.25) is 5.91 Å². The molecule has 0 fully saturated rings. The van der Waals surface area contributed by atoms with E-state index in [9.17, 15) is 14.9 Å². The minimum absolute atomic E-state index is 0.226. The Hall–Kier alpha value is -1.98. The van der Waals surface area contributed by atoms with Gasteiger partial charge in [-0.3, -0.25) is 4.79 Å². The third kappa shape index (κ3) is 12.1. The van der Waals surface area contributed by atoms with E-state index in [0.717, 1.165) is 0 Å². The number of guanidine groups is 1. The average Bonchev–Trinajstić information content (AvgIpc) is 2.56. The number of rotatable bonds is 14. The van der Waals surface area contributed by atoms with Crippen molar-refractivity contribution in [1.29, 1.82) is 0 Å². The third-order valence-corrected chi connectivity index (χ3v) is 3.54. The summed E-state index contributed by atoms with van der Waals surface area (Å²) in [6.07, 6.45) is 0.986. The molecular formula is C16H34N6O5. The van der Waals surface area contributed by atoms with Gasteiger partial charge in [0.25, 0.3) is 5.96 Å². The summed E-state index contributed by atoms with van der Waals surface area (Å²) in [7, 11) is 0. The molecule has 27 heavy (non-hydrogen) atoms. The fourth-order valence-corrected chi connectivity index (χ4v) is 2.42. The van der Waals surface area contributed by atoms with E-state index < -0.39 is 17.4 Å². The number of nitrogens with zero attached hydrogens (tertiary/aromatic N) is 2. The molecule has 1 amide bonds. The first-order valence-electron chi connectivity index (χ1n) is 9.21. The van der Waals surface area contributed by atoms with Crippen LogP contribution in [-0.4, -0.2) is 55.0 Å². The number of carbonyl (C=O) groups excluding carboxylic acids is 1. The Morgan fingerprint density at radius 2 is 1.85 bits per heavy atom. The summed E-state index contributed by atoms with van der Waals surface area (Å²) in [5.41, 5.74) is 13.0. The second kappa shape index (κ2) is 14.1. The highest BCUT2D eigenvalue weighted by molar-refractivity contribution is 5.81. The Morgan fingerprint density at radius 3 is 2.33 bits per heavy atom. The van der Waals surface area contributed by atoms with Crippen LogP contribution in [0.3, 0.4) is 0 Å². The molecule has 0 saturated heterocycles. The largest absolute Gasteiger partial charge is 0.365 e. The van der Waals surface area contributed by atoms with Crippen LogP contribution in [-0.2, 0) is 14.3 Å². The predicted octanol–water partition coefficient (Wildman–Crippen LogP) is 0.120. The van der Waals surface area contributed by atoms with Crippen molar-refractivity contribution < 1.29 is 19.3 Å². The molecule has 0 bridgehead atoms. The molecule has 0 aromatic rings. The van der Waals surface area contributed by atoms with Gasteiger partial charge in [-0.1, -0.05) is 19.3 Å². The summed E-state index contributed by atoms with van der Waals surface area (Å²) in [6, 6.07) is -1.04. The number of carbonyl (C=O) groups is 1. The van der Waals surface area contributed by atoms with Crippen LogP contribution in [0.2, 0.25) is 0 Å². The second-order valence-corrected chi connectivity index (χ2v) is 6.41. The predicted molar refractivity (Wildman–Crippen MR) is 102 cm³/mol. The average molecular weight is 390 g/mol. The number of nitro groups is 1. The molecule has 0 aromatic carbocycles. The van der Waals surface area contributed by atoms with Crippen molar-refractivity contribution in [3.63, 3.8) is 0 Å². The molecule has 0 rings (SSSR count). The van der Waals surface area contributed by atoms with Gasteiger partial charge in [-0.25, -0.2) is 15.1 Å². The maximum Gasteiger partial charge on any atom is 0.251 e. The minimum Gasteiger partial charge on any atom is -0.365 e. The molecule has 0 saturated carbocycles. The van der Waals surface area contributed by atoms with Gasteiger partial charge in [-0.15, -0.1) is 0 Å². The van der Waals surface area contributed by atoms with Crippen LogP contribution < -0.4 is 22.2 Å². The molecule has 0 radical (unpaired) electrons. The van der Waals surface area contributed by atoms with Crippen molar-refractivity contribution >= 4 is 11.9 Å². The number of hydrogen-bond acceptors (Lipinski definition) is 7. The molecule has 0 aliphatic rings. The van der Waals surface area contributed by atoms with Crippen LogP contribution >= 0.6 is 0 Å². The van der Waals surface area contributed by atoms with Crippen LogP contribution in [0.1, 0.15) is 47.0 Å². The summed E-state index contributed by atoms with van der Waals surface area (Å²) in [5, 5.41) is 12.3. The first-order valence-corrected chi connectivity index (χ1v) is 9.21. The molecule has 158 valence electrons. The Balaban J connectivity index is 4.60. The zero-order chi connectivity index (χ0) is 20.8. The first kappa shape index (κ1) is 25.0. The van der Waals surface area contributed by atoms with Gasteiger partial charge in [0.15, 0.2) is 11.3 Å². The first-order chi connectivity index (χ1) is 12.7. The summed E-state index contributed by atoms with van der Waals surface area (Å²) in [6.45, 7) is 9.00. The molecule has 11 nitrogen and oxygen atoms in total. The SMILES string of the molecule is CCOC(OCC)[C@H](CC(C)C)NC(=O)[C@@H](N)CCCN=C(N)N[N+](=O)[O-]. The van der Waals surface area contributed by atoms with Crippen LogP contribution in [0.4, 0.5) is 0 Å². The quantitative estimate of drug-likeness (QED) is 0.0810. The van der Waals surface area contributed by atoms with Crippen LogP contribution in [0, 0.1) is 16.0 Å². The molecule has 0 unspecified atom stereocenters. The number of aliphatic imine (C=N–C) groups is 1. The zero-order valence-electron chi connectivity index (χ0n) is 16.6. The highest BCUT2D eigenvalue weighted by Crippen LogP contribution is 2.13. The third-order valence-electron chi connectivity index (χ3n) is 3.54. The number of amides is 1. The molecule has 0 spiro atoms. The minimum atomic E-state index is -0.792. The number of ether oxygens (including phenoxy) is 2. The van der Waals surface area contributed by atoms with Crippen LogP contribution in [0.15, 0.2) is 4.99 Å². The van der Waals surface area contributed by atoms with E-state index in [1.54, 1.807) is 5.43 Å². The molecule has 0 heterocycles. The van der Waals surface area contributed by atoms with E-state index in [2.05, 4.69) is 24.2 Å². The Kier molecular flexibility index (Phi) is 13.1. The normalized spacial score (nSPS) is 14.3. The van der Waals surface area contributed by atoms with Crippen molar-refractivity contribution in [1.82, 2.24) is 10.7 Å². The molecule has 11 heteroatoms. The van der Waals surface area contributed by atoms with E-state index in [-0.39, 0.29) is 24.5 Å². The van der Waals surface area contributed by atoms with Crippen LogP contribution in [0.25, 0.3) is 0 Å². The van der Waals surface area contributed by atoms with Gasteiger partial charge in [-0.05, 0) is 39.0 Å². The monoisotopic (exact) mass is 390 g/mol. The molecule has 0 aliphatic carbocycles. The van der Waals surface area contributed by atoms with Gasteiger partial charge in [0.1, 0.15) is 0 Å². The van der Waals surface area contributed by atoms with Gasteiger partial charge >= 0.3 is 0 Å². The molecule has 0 aliphatic heterocycles. The second-order valence-electron chi connectivity index (χ2n) is 6.41.